The van der Waals surface area contributed by atoms with Gasteiger partial charge in [-0.3, -0.25) is 4.98 Å². The summed E-state index contributed by atoms with van der Waals surface area (Å²) in [5.41, 5.74) is 7.43. The fourth-order valence-electron chi connectivity index (χ4n) is 2.11. The van der Waals surface area contributed by atoms with Gasteiger partial charge < -0.3 is 11.1 Å². The minimum atomic E-state index is 0.596. The predicted octanol–water partition coefficient (Wildman–Crippen LogP) is 2.26. The summed E-state index contributed by atoms with van der Waals surface area (Å²) in [5.74, 6) is 0.761. The number of nitrogen functional groups attached to an aromatic ring is 1. The molecule has 0 aromatic carbocycles. The van der Waals surface area contributed by atoms with Gasteiger partial charge in [-0.2, -0.15) is 0 Å². The van der Waals surface area contributed by atoms with Crippen molar-refractivity contribution in [2.75, 3.05) is 11.1 Å². The number of anilines is 2. The Morgan fingerprint density at radius 3 is 2.93 bits per heavy atom. The molecular formula is C11H17N3. The van der Waals surface area contributed by atoms with Crippen LogP contribution in [0.2, 0.25) is 0 Å². The van der Waals surface area contributed by atoms with Crippen LogP contribution in [-0.4, -0.2) is 11.0 Å². The Hall–Kier alpha value is -1.25. The van der Waals surface area contributed by atoms with Crippen LogP contribution in [0.1, 0.15) is 26.2 Å². The van der Waals surface area contributed by atoms with E-state index in [2.05, 4.69) is 17.2 Å². The molecule has 2 atom stereocenters. The highest BCUT2D eigenvalue weighted by Gasteiger charge is 2.22. The molecule has 1 fully saturated rings. The fraction of sp³-hybridized carbons (Fsp3) is 0.545. The Morgan fingerprint density at radius 1 is 1.43 bits per heavy atom. The molecule has 3 N–H and O–H groups in total. The van der Waals surface area contributed by atoms with Crippen molar-refractivity contribution in [3.05, 3.63) is 18.5 Å². The number of nitrogens with one attached hydrogen (secondary N) is 1. The van der Waals surface area contributed by atoms with E-state index in [1.807, 2.05) is 12.3 Å². The first-order valence-electron chi connectivity index (χ1n) is 5.23. The molecule has 3 nitrogen and oxygen atoms in total. The van der Waals surface area contributed by atoms with Crippen LogP contribution in [0.3, 0.4) is 0 Å². The molecule has 0 saturated heterocycles. The highest BCUT2D eigenvalue weighted by Crippen LogP contribution is 2.27. The quantitative estimate of drug-likeness (QED) is 0.754. The predicted molar refractivity (Wildman–Crippen MR) is 59.1 cm³/mol. The summed E-state index contributed by atoms with van der Waals surface area (Å²) in [6.45, 7) is 2.30. The first-order chi connectivity index (χ1) is 6.75. The summed E-state index contributed by atoms with van der Waals surface area (Å²) in [6, 6.07) is 2.54. The van der Waals surface area contributed by atoms with Gasteiger partial charge in [0.15, 0.2) is 0 Å². The van der Waals surface area contributed by atoms with E-state index in [0.717, 1.165) is 17.3 Å². The second-order valence-corrected chi connectivity index (χ2v) is 4.17. The average Bonchev–Trinajstić information content (AvgIpc) is 2.52. The number of aromatic nitrogens is 1. The zero-order chi connectivity index (χ0) is 9.97. The maximum Gasteiger partial charge on any atom is 0.0549 e. The van der Waals surface area contributed by atoms with Crippen molar-refractivity contribution in [3.63, 3.8) is 0 Å². The van der Waals surface area contributed by atoms with Crippen molar-refractivity contribution in [1.29, 1.82) is 0 Å². The lowest BCUT2D eigenvalue weighted by atomic mass is 10.1. The third-order valence-electron chi connectivity index (χ3n) is 2.97. The van der Waals surface area contributed by atoms with Gasteiger partial charge >= 0.3 is 0 Å². The fourth-order valence-corrected chi connectivity index (χ4v) is 2.11. The van der Waals surface area contributed by atoms with Gasteiger partial charge in [-0.25, -0.2) is 0 Å². The monoisotopic (exact) mass is 191 g/mol. The van der Waals surface area contributed by atoms with Crippen molar-refractivity contribution >= 4 is 11.4 Å². The highest BCUT2D eigenvalue weighted by molar-refractivity contribution is 5.51. The summed E-state index contributed by atoms with van der Waals surface area (Å²) >= 11 is 0. The Balaban J connectivity index is 2.03. The number of hydrogen-bond acceptors (Lipinski definition) is 3. The van der Waals surface area contributed by atoms with E-state index in [-0.39, 0.29) is 0 Å². The molecule has 3 heteroatoms. The third kappa shape index (κ3) is 1.97. The summed E-state index contributed by atoms with van der Waals surface area (Å²) in [5, 5.41) is 3.49. The van der Waals surface area contributed by atoms with E-state index in [1.165, 1.54) is 19.3 Å². The summed E-state index contributed by atoms with van der Waals surface area (Å²) in [6.07, 6.45) is 7.42. The molecule has 0 bridgehead atoms. The highest BCUT2D eigenvalue weighted by atomic mass is 14.9. The average molecular weight is 191 g/mol. The molecule has 1 aromatic heterocycles. The van der Waals surface area contributed by atoms with Crippen molar-refractivity contribution in [2.24, 2.45) is 5.92 Å². The lowest BCUT2D eigenvalue weighted by Crippen LogP contribution is -2.21. The molecule has 14 heavy (non-hydrogen) atoms. The molecule has 1 saturated carbocycles. The molecule has 0 radical (unpaired) electrons. The summed E-state index contributed by atoms with van der Waals surface area (Å²) in [7, 11) is 0. The molecule has 0 amide bonds. The van der Waals surface area contributed by atoms with Crippen molar-refractivity contribution in [2.45, 2.75) is 32.2 Å². The summed E-state index contributed by atoms with van der Waals surface area (Å²) in [4.78, 5) is 4.06. The van der Waals surface area contributed by atoms with Crippen LogP contribution in [0.15, 0.2) is 18.5 Å². The van der Waals surface area contributed by atoms with Gasteiger partial charge in [-0.05, 0) is 24.8 Å². The van der Waals surface area contributed by atoms with Crippen LogP contribution < -0.4 is 11.1 Å². The van der Waals surface area contributed by atoms with E-state index in [9.17, 15) is 0 Å². The minimum absolute atomic E-state index is 0.596. The molecule has 1 aliphatic rings. The van der Waals surface area contributed by atoms with Gasteiger partial charge in [0.2, 0.25) is 0 Å². The van der Waals surface area contributed by atoms with Crippen LogP contribution in [0.25, 0.3) is 0 Å². The van der Waals surface area contributed by atoms with E-state index in [4.69, 9.17) is 5.73 Å². The molecule has 76 valence electrons. The van der Waals surface area contributed by atoms with Crippen molar-refractivity contribution in [3.8, 4) is 0 Å². The lowest BCUT2D eigenvalue weighted by Gasteiger charge is -2.18. The van der Waals surface area contributed by atoms with Crippen LogP contribution in [-0.2, 0) is 0 Å². The molecule has 1 heterocycles. The maximum absolute atomic E-state index is 5.67. The smallest absolute Gasteiger partial charge is 0.0549 e. The molecular weight excluding hydrogens is 174 g/mol. The maximum atomic E-state index is 5.67. The second kappa shape index (κ2) is 3.86. The van der Waals surface area contributed by atoms with Gasteiger partial charge in [0.05, 0.1) is 17.6 Å². The first kappa shape index (κ1) is 9.31. The van der Waals surface area contributed by atoms with E-state index in [0.29, 0.717) is 6.04 Å². The molecule has 2 rings (SSSR count). The van der Waals surface area contributed by atoms with Crippen LogP contribution in [0, 0.1) is 5.92 Å². The van der Waals surface area contributed by atoms with Gasteiger partial charge in [-0.15, -0.1) is 0 Å². The second-order valence-electron chi connectivity index (χ2n) is 4.17. The Bertz CT molecular complexity index is 311. The lowest BCUT2D eigenvalue weighted by molar-refractivity contribution is 0.556. The van der Waals surface area contributed by atoms with Crippen molar-refractivity contribution < 1.29 is 0 Å². The number of nitrogens with two attached hydrogens (primary N) is 1. The standard InChI is InChI=1S/C11H17N3/c1-8-3-2-4-11(8)14-10-5-9(12)6-13-7-10/h5-8,11,14H,2-4,12H2,1H3. The molecule has 0 spiro atoms. The number of rotatable bonds is 2. The van der Waals surface area contributed by atoms with E-state index < -0.39 is 0 Å². The zero-order valence-electron chi connectivity index (χ0n) is 8.53. The Morgan fingerprint density at radius 2 is 2.29 bits per heavy atom. The van der Waals surface area contributed by atoms with Crippen LogP contribution in [0.5, 0.6) is 0 Å². The molecule has 2 unspecified atom stereocenters. The van der Waals surface area contributed by atoms with Gasteiger partial charge in [0.25, 0.3) is 0 Å². The molecule has 1 aliphatic carbocycles. The molecule has 1 aromatic rings. The summed E-state index contributed by atoms with van der Waals surface area (Å²) < 4.78 is 0. The Kier molecular flexibility index (Phi) is 2.57. The van der Waals surface area contributed by atoms with E-state index >= 15 is 0 Å². The van der Waals surface area contributed by atoms with Crippen LogP contribution in [0.4, 0.5) is 11.4 Å². The minimum Gasteiger partial charge on any atom is -0.397 e. The zero-order valence-corrected chi connectivity index (χ0v) is 8.53. The number of nitrogens with zero attached hydrogens (tertiary/aromatic N) is 1. The van der Waals surface area contributed by atoms with Crippen LogP contribution >= 0.6 is 0 Å². The third-order valence-corrected chi connectivity index (χ3v) is 2.97. The largest absolute Gasteiger partial charge is 0.397 e. The van der Waals surface area contributed by atoms with Gasteiger partial charge in [0.1, 0.15) is 0 Å². The Labute approximate surface area is 84.7 Å². The van der Waals surface area contributed by atoms with Crippen molar-refractivity contribution in [1.82, 2.24) is 4.98 Å². The van der Waals surface area contributed by atoms with Gasteiger partial charge in [-0.1, -0.05) is 13.3 Å². The van der Waals surface area contributed by atoms with E-state index in [1.54, 1.807) is 6.20 Å². The normalized spacial score (nSPS) is 26.4. The topological polar surface area (TPSA) is 50.9 Å². The first-order valence-corrected chi connectivity index (χ1v) is 5.23. The molecule has 0 aliphatic heterocycles. The van der Waals surface area contributed by atoms with Gasteiger partial charge in [0, 0.05) is 12.2 Å². The number of hydrogen-bond donors (Lipinski definition) is 2. The number of pyridine rings is 1. The SMILES string of the molecule is CC1CCCC1Nc1cncc(N)c1.